The van der Waals surface area contributed by atoms with Crippen molar-refractivity contribution < 1.29 is 4.79 Å². The van der Waals surface area contributed by atoms with E-state index in [0.717, 1.165) is 19.0 Å². The number of hydrogen-bond acceptors (Lipinski definition) is 2. The molecule has 2 heteroatoms. The normalized spacial score (nSPS) is 40.2. The summed E-state index contributed by atoms with van der Waals surface area (Å²) >= 11 is 0. The Kier molecular flexibility index (Phi) is 3.13. The molecule has 2 nitrogen and oxygen atoms in total. The van der Waals surface area contributed by atoms with Crippen LogP contribution >= 0.6 is 0 Å². The van der Waals surface area contributed by atoms with Crippen LogP contribution in [0.25, 0.3) is 0 Å². The summed E-state index contributed by atoms with van der Waals surface area (Å²) in [4.78, 5) is 14.3. The Morgan fingerprint density at radius 3 is 2.56 bits per heavy atom. The molecule has 0 aromatic rings. The average Bonchev–Trinajstić information content (AvgIpc) is 2.55. The molecule has 3 atom stereocenters. The molecule has 1 saturated carbocycles. The molecule has 2 rings (SSSR count). The highest BCUT2D eigenvalue weighted by Crippen LogP contribution is 2.41. The Bertz CT molecular complexity index is 284. The fraction of sp³-hybridized carbons (Fsp3) is 0.929. The van der Waals surface area contributed by atoms with Gasteiger partial charge in [0.2, 0.25) is 0 Å². The van der Waals surface area contributed by atoms with Crippen molar-refractivity contribution >= 4 is 5.78 Å². The number of piperidine rings is 1. The van der Waals surface area contributed by atoms with Crippen LogP contribution in [0.1, 0.15) is 53.4 Å². The van der Waals surface area contributed by atoms with Gasteiger partial charge in [-0.2, -0.15) is 0 Å². The highest BCUT2D eigenvalue weighted by molar-refractivity contribution is 5.82. The van der Waals surface area contributed by atoms with Crippen molar-refractivity contribution in [3.05, 3.63) is 0 Å². The van der Waals surface area contributed by atoms with Crippen LogP contribution < -0.4 is 0 Å². The van der Waals surface area contributed by atoms with Gasteiger partial charge in [-0.25, -0.2) is 0 Å². The van der Waals surface area contributed by atoms with E-state index in [1.807, 2.05) is 0 Å². The minimum absolute atomic E-state index is 0.234. The zero-order chi connectivity index (χ0) is 11.9. The van der Waals surface area contributed by atoms with Crippen LogP contribution in [0.3, 0.4) is 0 Å². The predicted octanol–water partition coefficient (Wildman–Crippen LogP) is 2.86. The minimum Gasteiger partial charge on any atom is -0.299 e. The van der Waals surface area contributed by atoms with Gasteiger partial charge in [-0.15, -0.1) is 0 Å². The molecule has 0 aromatic heterocycles. The molecule has 92 valence electrons. The molecule has 1 aliphatic carbocycles. The largest absolute Gasteiger partial charge is 0.299 e. The van der Waals surface area contributed by atoms with Crippen LogP contribution in [0.15, 0.2) is 0 Å². The van der Waals surface area contributed by atoms with Crippen LogP contribution in [-0.4, -0.2) is 29.3 Å². The average molecular weight is 223 g/mol. The number of ketones is 1. The lowest BCUT2D eigenvalue weighted by Crippen LogP contribution is -2.51. The number of carbonyl (C=O) groups excluding carboxylic acids is 1. The van der Waals surface area contributed by atoms with Crippen molar-refractivity contribution in [2.75, 3.05) is 6.54 Å². The number of nitrogens with zero attached hydrogens (tertiary/aromatic N) is 1. The number of rotatable bonds is 1. The van der Waals surface area contributed by atoms with E-state index in [4.69, 9.17) is 0 Å². The first-order chi connectivity index (χ1) is 7.41. The van der Waals surface area contributed by atoms with E-state index in [2.05, 4.69) is 32.6 Å². The summed E-state index contributed by atoms with van der Waals surface area (Å²) < 4.78 is 0. The molecule has 1 aliphatic heterocycles. The molecule has 0 aromatic carbocycles. The van der Waals surface area contributed by atoms with Gasteiger partial charge in [-0.1, -0.05) is 20.8 Å². The zero-order valence-corrected chi connectivity index (χ0v) is 11.1. The van der Waals surface area contributed by atoms with Gasteiger partial charge in [0.1, 0.15) is 5.78 Å². The second-order valence-corrected chi connectivity index (χ2v) is 6.54. The van der Waals surface area contributed by atoms with E-state index in [9.17, 15) is 4.79 Å². The van der Waals surface area contributed by atoms with Gasteiger partial charge in [-0.3, -0.25) is 9.69 Å². The molecule has 0 bridgehead atoms. The number of carbonyl (C=O) groups is 1. The maximum absolute atomic E-state index is 11.7. The van der Waals surface area contributed by atoms with E-state index in [1.165, 1.54) is 19.3 Å². The molecule has 1 saturated heterocycles. The van der Waals surface area contributed by atoms with Crippen LogP contribution in [0.5, 0.6) is 0 Å². The van der Waals surface area contributed by atoms with E-state index in [-0.39, 0.29) is 5.92 Å². The van der Waals surface area contributed by atoms with Gasteiger partial charge in [0, 0.05) is 31.0 Å². The van der Waals surface area contributed by atoms with Crippen molar-refractivity contribution in [1.29, 1.82) is 0 Å². The first-order valence-electron chi connectivity index (χ1n) is 6.69. The number of Topliss-reactive ketones (excluding diaryl/α,β-unsaturated/α-hetero) is 1. The lowest BCUT2D eigenvalue weighted by Gasteiger charge is -2.41. The molecule has 3 unspecified atom stereocenters. The van der Waals surface area contributed by atoms with Gasteiger partial charge >= 0.3 is 0 Å². The van der Waals surface area contributed by atoms with Gasteiger partial charge in [0.05, 0.1) is 0 Å². The van der Waals surface area contributed by atoms with Gasteiger partial charge in [0.25, 0.3) is 0 Å². The van der Waals surface area contributed by atoms with Crippen molar-refractivity contribution in [1.82, 2.24) is 4.90 Å². The Morgan fingerprint density at radius 1 is 1.31 bits per heavy atom. The molecule has 1 heterocycles. The molecule has 0 spiro atoms. The molecule has 2 fully saturated rings. The lowest BCUT2D eigenvalue weighted by molar-refractivity contribution is -0.128. The first kappa shape index (κ1) is 12.1. The summed E-state index contributed by atoms with van der Waals surface area (Å²) in [5, 5.41) is 0. The quantitative estimate of drug-likeness (QED) is 0.681. The van der Waals surface area contributed by atoms with Crippen molar-refractivity contribution in [2.45, 2.75) is 65.5 Å². The Labute approximate surface area is 99.4 Å². The van der Waals surface area contributed by atoms with E-state index in [1.54, 1.807) is 0 Å². The molecule has 0 N–H and O–H groups in total. The van der Waals surface area contributed by atoms with E-state index < -0.39 is 0 Å². The Morgan fingerprint density at radius 2 is 2.00 bits per heavy atom. The van der Waals surface area contributed by atoms with Crippen molar-refractivity contribution in [3.63, 3.8) is 0 Å². The topological polar surface area (TPSA) is 20.3 Å². The second kappa shape index (κ2) is 4.14. The monoisotopic (exact) mass is 223 g/mol. The molecule has 0 amide bonds. The number of hydrogen-bond donors (Lipinski definition) is 0. The molecular formula is C14H25NO. The SMILES string of the molecule is CC1C(=O)CCN(C2CCC(C)(C)C2)C1C. The fourth-order valence-electron chi connectivity index (χ4n) is 3.42. The summed E-state index contributed by atoms with van der Waals surface area (Å²) in [6, 6.07) is 1.17. The summed E-state index contributed by atoms with van der Waals surface area (Å²) in [6.45, 7) is 10.1. The summed E-state index contributed by atoms with van der Waals surface area (Å²) in [5.74, 6) is 0.693. The Hall–Kier alpha value is -0.370. The molecule has 0 radical (unpaired) electrons. The minimum atomic E-state index is 0.234. The van der Waals surface area contributed by atoms with Gasteiger partial charge < -0.3 is 0 Å². The highest BCUT2D eigenvalue weighted by Gasteiger charge is 2.40. The number of likely N-dealkylation sites (tertiary alicyclic amines) is 1. The molecular weight excluding hydrogens is 198 g/mol. The van der Waals surface area contributed by atoms with Crippen molar-refractivity contribution in [2.24, 2.45) is 11.3 Å². The van der Waals surface area contributed by atoms with E-state index in [0.29, 0.717) is 17.2 Å². The summed E-state index contributed by atoms with van der Waals surface area (Å²) in [5.41, 5.74) is 0.509. The smallest absolute Gasteiger partial charge is 0.138 e. The molecule has 16 heavy (non-hydrogen) atoms. The standard InChI is InChI=1S/C14H25NO/c1-10-11(2)15(8-6-13(10)16)12-5-7-14(3,4)9-12/h10-12H,5-9H2,1-4H3. The van der Waals surface area contributed by atoms with Crippen molar-refractivity contribution in [3.8, 4) is 0 Å². The Balaban J connectivity index is 2.03. The maximum Gasteiger partial charge on any atom is 0.138 e. The zero-order valence-electron chi connectivity index (χ0n) is 11.1. The van der Waals surface area contributed by atoms with Gasteiger partial charge in [0.15, 0.2) is 0 Å². The van der Waals surface area contributed by atoms with Crippen LogP contribution in [0.4, 0.5) is 0 Å². The first-order valence-corrected chi connectivity index (χ1v) is 6.69. The maximum atomic E-state index is 11.7. The fourth-order valence-corrected chi connectivity index (χ4v) is 3.42. The third-order valence-electron chi connectivity index (χ3n) is 4.78. The highest BCUT2D eigenvalue weighted by atomic mass is 16.1. The lowest BCUT2D eigenvalue weighted by atomic mass is 9.88. The van der Waals surface area contributed by atoms with Crippen LogP contribution in [0.2, 0.25) is 0 Å². The predicted molar refractivity (Wildman–Crippen MR) is 66.4 cm³/mol. The third-order valence-corrected chi connectivity index (χ3v) is 4.78. The van der Waals surface area contributed by atoms with E-state index >= 15 is 0 Å². The summed E-state index contributed by atoms with van der Waals surface area (Å²) in [7, 11) is 0. The molecule has 2 aliphatic rings. The van der Waals surface area contributed by atoms with Crippen LogP contribution in [-0.2, 0) is 4.79 Å². The third kappa shape index (κ3) is 2.17. The van der Waals surface area contributed by atoms with Crippen LogP contribution in [0, 0.1) is 11.3 Å². The summed E-state index contributed by atoms with van der Waals surface area (Å²) in [6.07, 6.45) is 4.72. The van der Waals surface area contributed by atoms with Gasteiger partial charge in [-0.05, 0) is 31.6 Å². The second-order valence-electron chi connectivity index (χ2n) is 6.54.